The number of hydroxylamine groups is 1. The van der Waals surface area contributed by atoms with Gasteiger partial charge in [-0.2, -0.15) is 0 Å². The van der Waals surface area contributed by atoms with Gasteiger partial charge in [-0.25, -0.2) is 13.9 Å². The van der Waals surface area contributed by atoms with E-state index in [0.29, 0.717) is 58.7 Å². The molecule has 0 unspecified atom stereocenters. The molecular weight excluding hydrogens is 520 g/mol. The lowest BCUT2D eigenvalue weighted by atomic mass is 9.95. The maximum atomic E-state index is 13.7. The summed E-state index contributed by atoms with van der Waals surface area (Å²) in [6.45, 7) is 3.85. The molecule has 0 aliphatic carbocycles. The van der Waals surface area contributed by atoms with Crippen molar-refractivity contribution in [1.82, 2.24) is 15.7 Å². The number of sulfone groups is 1. The summed E-state index contributed by atoms with van der Waals surface area (Å²) in [4.78, 5) is 29.6. The first kappa shape index (κ1) is 29.0. The van der Waals surface area contributed by atoms with Crippen LogP contribution in [-0.4, -0.2) is 81.5 Å². The van der Waals surface area contributed by atoms with Crippen LogP contribution in [0.2, 0.25) is 0 Å². The van der Waals surface area contributed by atoms with E-state index in [1.807, 2.05) is 30.3 Å². The Morgan fingerprint density at radius 1 is 1.00 bits per heavy atom. The highest BCUT2D eigenvalue weighted by Crippen LogP contribution is 2.37. The normalized spacial score (nSPS) is 18.5. The van der Waals surface area contributed by atoms with Gasteiger partial charge in [-0.3, -0.25) is 14.8 Å². The predicted molar refractivity (Wildman–Crippen MR) is 147 cm³/mol. The monoisotopic (exact) mass is 558 g/mol. The Kier molecular flexibility index (Phi) is 9.60. The summed E-state index contributed by atoms with van der Waals surface area (Å²) in [6, 6.07) is 16.4. The van der Waals surface area contributed by atoms with Gasteiger partial charge in [-0.1, -0.05) is 30.3 Å². The third-order valence-electron chi connectivity index (χ3n) is 7.99. The Hall–Kier alpha value is -2.99. The summed E-state index contributed by atoms with van der Waals surface area (Å²) in [7, 11) is -2.47. The fourth-order valence-corrected chi connectivity index (χ4v) is 7.42. The quantitative estimate of drug-likeness (QED) is 0.298. The van der Waals surface area contributed by atoms with Crippen molar-refractivity contribution in [1.29, 1.82) is 0 Å². The molecule has 0 saturated carbocycles. The number of benzene rings is 2. The van der Waals surface area contributed by atoms with Gasteiger partial charge in [0.15, 0.2) is 14.6 Å². The van der Waals surface area contributed by atoms with E-state index in [-0.39, 0.29) is 29.6 Å². The number of rotatable bonds is 10. The van der Waals surface area contributed by atoms with Crippen LogP contribution < -0.4 is 15.7 Å². The van der Waals surface area contributed by atoms with Crippen LogP contribution in [0.25, 0.3) is 0 Å². The van der Waals surface area contributed by atoms with Gasteiger partial charge in [0.1, 0.15) is 0 Å². The van der Waals surface area contributed by atoms with Gasteiger partial charge < -0.3 is 19.9 Å². The molecule has 11 heteroatoms. The standard InChI is InChI=1S/C28H38N4O6S/c1-38-20-19-31-17-13-28(14-18-31,27(34)30-35)39(36,37)25-9-7-24(8-10-25)32-15-11-23(12-16-32)26(33)29-21-22-5-3-2-4-6-22/h2-10,23,35H,11-21H2,1H3,(H,29,33)(H,30,34). The van der Waals surface area contributed by atoms with Crippen molar-refractivity contribution in [3.63, 3.8) is 0 Å². The highest BCUT2D eigenvalue weighted by molar-refractivity contribution is 7.93. The molecule has 2 heterocycles. The van der Waals surface area contributed by atoms with Gasteiger partial charge in [0.2, 0.25) is 5.91 Å². The van der Waals surface area contributed by atoms with E-state index in [2.05, 4.69) is 15.1 Å². The fraction of sp³-hybridized carbons (Fsp3) is 0.500. The van der Waals surface area contributed by atoms with Crippen LogP contribution >= 0.6 is 0 Å². The van der Waals surface area contributed by atoms with Crippen molar-refractivity contribution in [2.75, 3.05) is 51.3 Å². The van der Waals surface area contributed by atoms with E-state index in [0.717, 1.165) is 11.3 Å². The van der Waals surface area contributed by atoms with Crippen molar-refractivity contribution in [2.24, 2.45) is 5.92 Å². The van der Waals surface area contributed by atoms with Crippen molar-refractivity contribution < 1.29 is 28.0 Å². The number of nitrogens with zero attached hydrogens (tertiary/aromatic N) is 2. The van der Waals surface area contributed by atoms with E-state index in [9.17, 15) is 23.2 Å². The Labute approximate surface area is 230 Å². The third kappa shape index (κ3) is 6.43. The molecule has 0 bridgehead atoms. The number of ether oxygens (including phenoxy) is 1. The van der Waals surface area contributed by atoms with Crippen LogP contribution in [-0.2, 0) is 30.7 Å². The highest BCUT2D eigenvalue weighted by Gasteiger charge is 2.52. The molecule has 2 fully saturated rings. The number of amides is 2. The number of anilines is 1. The molecule has 0 aromatic heterocycles. The van der Waals surface area contributed by atoms with Gasteiger partial charge in [0.05, 0.1) is 11.5 Å². The Morgan fingerprint density at radius 3 is 2.23 bits per heavy atom. The molecule has 2 aliphatic heterocycles. The Balaban J connectivity index is 1.37. The molecule has 39 heavy (non-hydrogen) atoms. The van der Waals surface area contributed by atoms with Gasteiger partial charge >= 0.3 is 0 Å². The van der Waals surface area contributed by atoms with Crippen LogP contribution in [0.5, 0.6) is 0 Å². The van der Waals surface area contributed by atoms with E-state index < -0.39 is 20.5 Å². The molecule has 2 aromatic rings. The molecule has 0 radical (unpaired) electrons. The van der Waals surface area contributed by atoms with E-state index >= 15 is 0 Å². The minimum Gasteiger partial charge on any atom is -0.383 e. The topological polar surface area (TPSA) is 128 Å². The van der Waals surface area contributed by atoms with Crippen LogP contribution in [0.15, 0.2) is 59.5 Å². The van der Waals surface area contributed by atoms with E-state index in [1.54, 1.807) is 24.7 Å². The summed E-state index contributed by atoms with van der Waals surface area (Å²) < 4.78 is 30.8. The van der Waals surface area contributed by atoms with Gasteiger partial charge in [-0.15, -0.1) is 0 Å². The van der Waals surface area contributed by atoms with Gasteiger partial charge in [-0.05, 0) is 55.5 Å². The summed E-state index contributed by atoms with van der Waals surface area (Å²) in [5.74, 6) is -0.900. The predicted octanol–water partition coefficient (Wildman–Crippen LogP) is 1.98. The van der Waals surface area contributed by atoms with Gasteiger partial charge in [0.25, 0.3) is 5.91 Å². The van der Waals surface area contributed by atoms with Crippen LogP contribution in [0, 0.1) is 5.92 Å². The molecule has 2 saturated heterocycles. The van der Waals surface area contributed by atoms with E-state index in [4.69, 9.17) is 4.74 Å². The molecule has 2 aliphatic rings. The number of likely N-dealkylation sites (tertiary alicyclic amines) is 1. The number of carbonyl (C=O) groups excluding carboxylic acids is 2. The second-order valence-electron chi connectivity index (χ2n) is 10.2. The highest BCUT2D eigenvalue weighted by atomic mass is 32.2. The zero-order valence-corrected chi connectivity index (χ0v) is 23.2. The second-order valence-corrected chi connectivity index (χ2v) is 12.5. The second kappa shape index (κ2) is 12.9. The molecule has 10 nitrogen and oxygen atoms in total. The van der Waals surface area contributed by atoms with Gasteiger partial charge in [0, 0.05) is 58.0 Å². The molecule has 0 atom stereocenters. The number of piperidine rings is 2. The zero-order valence-electron chi connectivity index (χ0n) is 22.3. The first-order valence-corrected chi connectivity index (χ1v) is 14.9. The summed E-state index contributed by atoms with van der Waals surface area (Å²) >= 11 is 0. The maximum Gasteiger partial charge on any atom is 0.265 e. The smallest absolute Gasteiger partial charge is 0.265 e. The molecule has 0 spiro atoms. The largest absolute Gasteiger partial charge is 0.383 e. The molecule has 4 rings (SSSR count). The lowest BCUT2D eigenvalue weighted by molar-refractivity contribution is -0.133. The number of carbonyl (C=O) groups is 2. The molecule has 2 aromatic carbocycles. The number of hydrogen-bond donors (Lipinski definition) is 3. The minimum atomic E-state index is -4.08. The summed E-state index contributed by atoms with van der Waals surface area (Å²) in [5, 5.41) is 12.4. The first-order valence-electron chi connectivity index (χ1n) is 13.4. The molecular formula is C28H38N4O6S. The summed E-state index contributed by atoms with van der Waals surface area (Å²) in [5.41, 5.74) is 3.53. The minimum absolute atomic E-state index is 0.0513. The molecule has 3 N–H and O–H groups in total. The maximum absolute atomic E-state index is 13.7. The van der Waals surface area contributed by atoms with Crippen molar-refractivity contribution >= 4 is 27.3 Å². The SMILES string of the molecule is COCCN1CCC(C(=O)NO)(S(=O)(=O)c2ccc(N3CCC(C(=O)NCc4ccccc4)CC3)cc2)CC1. The number of nitrogens with one attached hydrogen (secondary N) is 2. The summed E-state index contributed by atoms with van der Waals surface area (Å²) in [6.07, 6.45) is 1.57. The van der Waals surface area contributed by atoms with E-state index in [1.165, 1.54) is 12.1 Å². The van der Waals surface area contributed by atoms with Crippen LogP contribution in [0.4, 0.5) is 5.69 Å². The average Bonchev–Trinajstić information content (AvgIpc) is 2.99. The number of hydrogen-bond acceptors (Lipinski definition) is 8. The van der Waals surface area contributed by atoms with Crippen LogP contribution in [0.1, 0.15) is 31.2 Å². The Bertz CT molecular complexity index is 1210. The van der Waals surface area contributed by atoms with Crippen LogP contribution in [0.3, 0.4) is 0 Å². The van der Waals surface area contributed by atoms with Crippen molar-refractivity contribution in [3.05, 3.63) is 60.2 Å². The zero-order chi connectivity index (χ0) is 27.9. The average molecular weight is 559 g/mol. The number of methoxy groups -OCH3 is 1. The third-order valence-corrected chi connectivity index (χ3v) is 10.5. The lowest BCUT2D eigenvalue weighted by Crippen LogP contribution is -2.58. The lowest BCUT2D eigenvalue weighted by Gasteiger charge is -2.39. The van der Waals surface area contributed by atoms with Crippen molar-refractivity contribution in [2.45, 2.75) is 41.9 Å². The first-order chi connectivity index (χ1) is 18.8. The Morgan fingerprint density at radius 2 is 1.64 bits per heavy atom. The van der Waals surface area contributed by atoms with Crippen molar-refractivity contribution in [3.8, 4) is 0 Å². The fourth-order valence-electron chi connectivity index (χ4n) is 5.47. The molecule has 2 amide bonds. The molecule has 212 valence electrons.